The van der Waals surface area contributed by atoms with Crippen LogP contribution in [0.2, 0.25) is 0 Å². The van der Waals surface area contributed by atoms with E-state index in [9.17, 15) is 9.18 Å². The van der Waals surface area contributed by atoms with Gasteiger partial charge in [-0.2, -0.15) is 9.49 Å². The van der Waals surface area contributed by atoms with Crippen LogP contribution in [-0.4, -0.2) is 21.1 Å². The van der Waals surface area contributed by atoms with Gasteiger partial charge in [-0.1, -0.05) is 0 Å². The first-order valence-electron chi connectivity index (χ1n) is 6.88. The third-order valence-electron chi connectivity index (χ3n) is 3.59. The summed E-state index contributed by atoms with van der Waals surface area (Å²) in [7, 11) is 0. The van der Waals surface area contributed by atoms with Crippen LogP contribution in [0.1, 0.15) is 26.5 Å². The minimum absolute atomic E-state index is 0.190. The van der Waals surface area contributed by atoms with Crippen molar-refractivity contribution in [3.8, 4) is 0 Å². The molecule has 0 aromatic carbocycles. The molecule has 0 bridgehead atoms. The molecule has 0 unspecified atom stereocenters. The normalized spacial score (nSPS) is 10.9. The Morgan fingerprint density at radius 3 is 2.91 bits per heavy atom. The Bertz CT molecular complexity index is 908. The monoisotopic (exact) mass is 331 g/mol. The van der Waals surface area contributed by atoms with Gasteiger partial charge in [0.2, 0.25) is 5.95 Å². The lowest BCUT2D eigenvalue weighted by molar-refractivity contribution is 0.0955. The summed E-state index contributed by atoms with van der Waals surface area (Å²) in [6.07, 6.45) is 1.35. The minimum Gasteiger partial charge on any atom is -0.397 e. The van der Waals surface area contributed by atoms with Crippen molar-refractivity contribution in [2.45, 2.75) is 20.4 Å². The van der Waals surface area contributed by atoms with Crippen LogP contribution in [0, 0.1) is 19.8 Å². The van der Waals surface area contributed by atoms with Crippen LogP contribution in [0.15, 0.2) is 18.3 Å². The lowest BCUT2D eigenvalue weighted by Gasteiger charge is -2.05. The van der Waals surface area contributed by atoms with Crippen LogP contribution in [0.25, 0.3) is 10.2 Å². The fourth-order valence-corrected chi connectivity index (χ4v) is 3.24. The zero-order valence-electron chi connectivity index (χ0n) is 12.6. The Morgan fingerprint density at radius 2 is 2.17 bits per heavy atom. The SMILES string of the molecule is Cc1nnc2sc(C(=O)NCc3ccnc(F)c3)c(N)c2c1C. The highest BCUT2D eigenvalue weighted by molar-refractivity contribution is 7.21. The maximum Gasteiger partial charge on any atom is 0.263 e. The van der Waals surface area contributed by atoms with E-state index in [0.717, 1.165) is 16.6 Å². The summed E-state index contributed by atoms with van der Waals surface area (Å²) in [4.78, 5) is 16.8. The van der Waals surface area contributed by atoms with Gasteiger partial charge in [-0.05, 0) is 37.1 Å². The molecule has 0 radical (unpaired) electrons. The summed E-state index contributed by atoms with van der Waals surface area (Å²) in [6.45, 7) is 3.93. The van der Waals surface area contributed by atoms with Crippen molar-refractivity contribution >= 4 is 33.1 Å². The molecule has 0 saturated heterocycles. The number of hydrogen-bond donors (Lipinski definition) is 2. The molecule has 0 saturated carbocycles. The third kappa shape index (κ3) is 2.85. The van der Waals surface area contributed by atoms with Crippen LogP contribution in [0.3, 0.4) is 0 Å². The van der Waals surface area contributed by atoms with Crippen LogP contribution < -0.4 is 11.1 Å². The van der Waals surface area contributed by atoms with E-state index < -0.39 is 5.95 Å². The third-order valence-corrected chi connectivity index (χ3v) is 4.67. The molecule has 0 aliphatic rings. The fraction of sp³-hybridized carbons (Fsp3) is 0.200. The number of aryl methyl sites for hydroxylation is 2. The van der Waals surface area contributed by atoms with E-state index in [1.54, 1.807) is 6.07 Å². The fourth-order valence-electron chi connectivity index (χ4n) is 2.22. The van der Waals surface area contributed by atoms with Gasteiger partial charge in [0, 0.05) is 18.1 Å². The van der Waals surface area contributed by atoms with Crippen molar-refractivity contribution < 1.29 is 9.18 Å². The van der Waals surface area contributed by atoms with Crippen molar-refractivity contribution in [2.24, 2.45) is 0 Å². The molecule has 0 aliphatic heterocycles. The van der Waals surface area contributed by atoms with Crippen LogP contribution in [-0.2, 0) is 6.54 Å². The number of rotatable bonds is 3. The Labute approximate surface area is 135 Å². The molecule has 3 aromatic rings. The predicted octanol–water partition coefficient (Wildman–Crippen LogP) is 2.35. The highest BCUT2D eigenvalue weighted by Crippen LogP contribution is 2.34. The van der Waals surface area contributed by atoms with Gasteiger partial charge in [0.25, 0.3) is 5.91 Å². The number of nitrogen functional groups attached to an aromatic ring is 1. The molecule has 23 heavy (non-hydrogen) atoms. The van der Waals surface area contributed by atoms with Crippen LogP contribution in [0.4, 0.5) is 10.1 Å². The Morgan fingerprint density at radius 1 is 1.39 bits per heavy atom. The first kappa shape index (κ1) is 15.3. The molecule has 3 N–H and O–H groups in total. The van der Waals surface area contributed by atoms with E-state index in [4.69, 9.17) is 5.73 Å². The number of amides is 1. The van der Waals surface area contributed by atoms with Crippen molar-refractivity contribution in [3.63, 3.8) is 0 Å². The van der Waals surface area contributed by atoms with Gasteiger partial charge in [0.15, 0.2) is 0 Å². The molecule has 3 heterocycles. The molecule has 8 heteroatoms. The van der Waals surface area contributed by atoms with Crippen molar-refractivity contribution in [1.82, 2.24) is 20.5 Å². The number of aromatic nitrogens is 3. The van der Waals surface area contributed by atoms with Gasteiger partial charge in [0.1, 0.15) is 9.71 Å². The summed E-state index contributed by atoms with van der Waals surface area (Å²) in [5.74, 6) is -0.903. The highest BCUT2D eigenvalue weighted by atomic mass is 32.1. The first-order valence-corrected chi connectivity index (χ1v) is 7.69. The lowest BCUT2D eigenvalue weighted by atomic mass is 10.1. The molecule has 3 rings (SSSR count). The number of nitrogens with two attached hydrogens (primary N) is 1. The minimum atomic E-state index is -0.584. The second-order valence-electron chi connectivity index (χ2n) is 5.10. The molecule has 0 aliphatic carbocycles. The molecule has 1 amide bonds. The number of carbonyl (C=O) groups is 1. The number of thiophene rings is 1. The number of nitrogens with zero attached hydrogens (tertiary/aromatic N) is 3. The standard InChI is InChI=1S/C15H14FN5OS/c1-7-8(2)20-21-15-11(7)12(17)13(23-15)14(22)19-6-9-3-4-18-10(16)5-9/h3-5H,6,17H2,1-2H3,(H,19,22). The second-order valence-corrected chi connectivity index (χ2v) is 6.10. The Balaban J connectivity index is 1.87. The number of anilines is 1. The molecule has 3 aromatic heterocycles. The van der Waals surface area contributed by atoms with Gasteiger partial charge in [-0.15, -0.1) is 16.4 Å². The summed E-state index contributed by atoms with van der Waals surface area (Å²) < 4.78 is 13.0. The Kier molecular flexibility index (Phi) is 3.91. The molecule has 6 nitrogen and oxygen atoms in total. The highest BCUT2D eigenvalue weighted by Gasteiger charge is 2.19. The molecule has 0 fully saturated rings. The molecule has 118 valence electrons. The van der Waals surface area contributed by atoms with E-state index in [1.165, 1.54) is 23.6 Å². The van der Waals surface area contributed by atoms with Crippen LogP contribution >= 0.6 is 11.3 Å². The van der Waals surface area contributed by atoms with Crippen molar-refractivity contribution in [3.05, 3.63) is 46.0 Å². The zero-order chi connectivity index (χ0) is 16.6. The van der Waals surface area contributed by atoms with E-state index in [2.05, 4.69) is 20.5 Å². The van der Waals surface area contributed by atoms with Crippen molar-refractivity contribution in [1.29, 1.82) is 0 Å². The zero-order valence-corrected chi connectivity index (χ0v) is 13.4. The topological polar surface area (TPSA) is 93.8 Å². The first-order chi connectivity index (χ1) is 11.0. The van der Waals surface area contributed by atoms with Gasteiger partial charge in [0.05, 0.1) is 11.4 Å². The van der Waals surface area contributed by atoms with Crippen LogP contribution in [0.5, 0.6) is 0 Å². The number of fused-ring (bicyclic) bond motifs is 1. The number of nitrogens with one attached hydrogen (secondary N) is 1. The van der Waals surface area contributed by atoms with Gasteiger partial charge < -0.3 is 11.1 Å². The summed E-state index contributed by atoms with van der Waals surface area (Å²) >= 11 is 1.20. The summed E-state index contributed by atoms with van der Waals surface area (Å²) in [5.41, 5.74) is 8.83. The quantitative estimate of drug-likeness (QED) is 0.719. The number of halogens is 1. The predicted molar refractivity (Wildman–Crippen MR) is 86.7 cm³/mol. The van der Waals surface area contributed by atoms with E-state index in [1.807, 2.05) is 13.8 Å². The van der Waals surface area contributed by atoms with E-state index in [0.29, 0.717) is 21.0 Å². The number of hydrogen-bond acceptors (Lipinski definition) is 6. The number of pyridine rings is 1. The summed E-state index contributed by atoms with van der Waals surface area (Å²) in [6, 6.07) is 2.91. The molecular formula is C15H14FN5OS. The molecular weight excluding hydrogens is 317 g/mol. The molecule has 0 spiro atoms. The molecule has 0 atom stereocenters. The van der Waals surface area contributed by atoms with Crippen molar-refractivity contribution in [2.75, 3.05) is 5.73 Å². The Hall–Kier alpha value is -2.61. The van der Waals surface area contributed by atoms with Gasteiger partial charge >= 0.3 is 0 Å². The summed E-state index contributed by atoms with van der Waals surface area (Å²) in [5, 5.41) is 11.6. The van der Waals surface area contributed by atoms with E-state index >= 15 is 0 Å². The maximum atomic E-state index is 13.0. The van der Waals surface area contributed by atoms with E-state index in [-0.39, 0.29) is 12.5 Å². The van der Waals surface area contributed by atoms with Gasteiger partial charge in [-0.25, -0.2) is 4.98 Å². The number of carbonyl (C=O) groups excluding carboxylic acids is 1. The second kappa shape index (κ2) is 5.88. The average molecular weight is 331 g/mol. The van der Waals surface area contributed by atoms with Gasteiger partial charge in [-0.3, -0.25) is 4.79 Å². The lowest BCUT2D eigenvalue weighted by Crippen LogP contribution is -2.22. The smallest absolute Gasteiger partial charge is 0.263 e. The maximum absolute atomic E-state index is 13.0. The average Bonchev–Trinajstić information content (AvgIpc) is 2.86. The largest absolute Gasteiger partial charge is 0.397 e.